The van der Waals surface area contributed by atoms with E-state index in [1.54, 1.807) is 5.57 Å². The number of Topliss-reactive ketones (excluding diaryl/α,β-unsaturated/α-hetero) is 1. The highest BCUT2D eigenvalue weighted by molar-refractivity contribution is 6.05. The summed E-state index contributed by atoms with van der Waals surface area (Å²) in [5.74, 6) is 1.47. The second kappa shape index (κ2) is 8.65. The number of carbonyl (C=O) groups is 1. The summed E-state index contributed by atoms with van der Waals surface area (Å²) in [6, 6.07) is 10.3. The topological polar surface area (TPSA) is 29.4 Å². The van der Waals surface area contributed by atoms with Crippen molar-refractivity contribution in [2.24, 2.45) is 16.8 Å². The lowest BCUT2D eigenvalue weighted by Crippen LogP contribution is -2.16. The Labute approximate surface area is 162 Å². The Morgan fingerprint density at radius 3 is 2.89 bits per heavy atom. The molecule has 3 aliphatic rings. The van der Waals surface area contributed by atoms with E-state index in [4.69, 9.17) is 4.99 Å². The maximum absolute atomic E-state index is 12.5. The van der Waals surface area contributed by atoms with Crippen LogP contribution in [0.25, 0.3) is 0 Å². The Bertz CT molecular complexity index is 797. The van der Waals surface area contributed by atoms with Gasteiger partial charge in [-0.15, -0.1) is 0 Å². The number of aliphatic imine (C=N–C) groups is 1. The van der Waals surface area contributed by atoms with Crippen LogP contribution in [0.5, 0.6) is 0 Å². The molecule has 0 saturated heterocycles. The van der Waals surface area contributed by atoms with E-state index >= 15 is 0 Å². The molecule has 1 heterocycles. The number of hydrogen-bond donors (Lipinski definition) is 0. The van der Waals surface area contributed by atoms with Gasteiger partial charge in [-0.05, 0) is 62.0 Å². The lowest BCUT2D eigenvalue weighted by molar-refractivity contribution is -0.119. The number of nitrogens with zero attached hydrogens (tertiary/aromatic N) is 1. The molecule has 0 aromatic heterocycles. The fourth-order valence-electron chi connectivity index (χ4n) is 4.77. The molecule has 2 aliphatic carbocycles. The Kier molecular flexibility index (Phi) is 5.81. The smallest absolute Gasteiger partial charge is 0.133 e. The van der Waals surface area contributed by atoms with E-state index in [2.05, 4.69) is 30.4 Å². The first-order valence-corrected chi connectivity index (χ1v) is 10.5. The highest BCUT2D eigenvalue weighted by Crippen LogP contribution is 2.38. The summed E-state index contributed by atoms with van der Waals surface area (Å²) in [5, 5.41) is 0. The van der Waals surface area contributed by atoms with E-state index in [1.165, 1.54) is 29.7 Å². The van der Waals surface area contributed by atoms with Crippen molar-refractivity contribution in [3.8, 4) is 0 Å². The van der Waals surface area contributed by atoms with Crippen LogP contribution in [0.1, 0.15) is 56.9 Å². The van der Waals surface area contributed by atoms with Gasteiger partial charge >= 0.3 is 0 Å². The van der Waals surface area contributed by atoms with Crippen molar-refractivity contribution in [3.05, 3.63) is 71.5 Å². The van der Waals surface area contributed by atoms with E-state index < -0.39 is 0 Å². The average Bonchev–Trinajstić information content (AvgIpc) is 3.05. The molecule has 0 N–H and O–H groups in total. The molecular weight excluding hydrogens is 330 g/mol. The van der Waals surface area contributed by atoms with E-state index in [0.717, 1.165) is 38.5 Å². The maximum atomic E-state index is 12.5. The van der Waals surface area contributed by atoms with Crippen molar-refractivity contribution in [3.63, 3.8) is 0 Å². The monoisotopic (exact) mass is 359 g/mol. The van der Waals surface area contributed by atoms with E-state index in [0.29, 0.717) is 24.0 Å². The zero-order valence-corrected chi connectivity index (χ0v) is 16.1. The number of hydrogen-bond acceptors (Lipinski definition) is 2. The third-order valence-electron chi connectivity index (χ3n) is 6.22. The molecule has 1 saturated carbocycles. The summed E-state index contributed by atoms with van der Waals surface area (Å²) in [5.41, 5.74) is 5.49. The first-order chi connectivity index (χ1) is 13.3. The second-order valence-electron chi connectivity index (χ2n) is 8.17. The van der Waals surface area contributed by atoms with E-state index in [9.17, 15) is 4.79 Å². The lowest BCUT2D eigenvalue weighted by Gasteiger charge is -2.20. The van der Waals surface area contributed by atoms with Crippen LogP contribution in [0.2, 0.25) is 0 Å². The number of ketones is 1. The largest absolute Gasteiger partial charge is 0.300 e. The van der Waals surface area contributed by atoms with Crippen LogP contribution in [-0.4, -0.2) is 11.5 Å². The van der Waals surface area contributed by atoms with Crippen LogP contribution in [0.15, 0.2) is 70.9 Å². The zero-order valence-electron chi connectivity index (χ0n) is 16.1. The number of benzene rings is 1. The zero-order chi connectivity index (χ0) is 18.5. The molecule has 0 radical (unpaired) electrons. The Balaban J connectivity index is 1.33. The van der Waals surface area contributed by atoms with Crippen molar-refractivity contribution < 1.29 is 4.79 Å². The van der Waals surface area contributed by atoms with Gasteiger partial charge in [-0.1, -0.05) is 54.1 Å². The van der Waals surface area contributed by atoms with Crippen LogP contribution >= 0.6 is 0 Å². The lowest BCUT2D eigenvalue weighted by atomic mass is 9.86. The molecule has 2 heteroatoms. The molecule has 0 spiro atoms. The van der Waals surface area contributed by atoms with Crippen molar-refractivity contribution in [2.75, 3.05) is 0 Å². The maximum Gasteiger partial charge on any atom is 0.133 e. The molecule has 0 amide bonds. The van der Waals surface area contributed by atoms with Crippen molar-refractivity contribution >= 4 is 11.5 Å². The van der Waals surface area contributed by atoms with Gasteiger partial charge in [0.05, 0.1) is 5.71 Å². The van der Waals surface area contributed by atoms with Gasteiger partial charge in [-0.3, -0.25) is 9.79 Å². The van der Waals surface area contributed by atoms with Crippen LogP contribution in [0, 0.1) is 11.8 Å². The van der Waals surface area contributed by atoms with E-state index in [-0.39, 0.29) is 0 Å². The third-order valence-corrected chi connectivity index (χ3v) is 6.22. The number of rotatable bonds is 6. The van der Waals surface area contributed by atoms with Gasteiger partial charge < -0.3 is 0 Å². The highest BCUT2D eigenvalue weighted by atomic mass is 16.1. The first-order valence-electron chi connectivity index (χ1n) is 10.5. The van der Waals surface area contributed by atoms with Crippen LogP contribution < -0.4 is 0 Å². The summed E-state index contributed by atoms with van der Waals surface area (Å²) in [6.45, 7) is 0. The quantitative estimate of drug-likeness (QED) is 0.612. The van der Waals surface area contributed by atoms with Crippen LogP contribution in [-0.2, 0) is 11.2 Å². The van der Waals surface area contributed by atoms with Crippen molar-refractivity contribution in [1.29, 1.82) is 0 Å². The number of carbonyl (C=O) groups excluding carboxylic acids is 1. The summed E-state index contributed by atoms with van der Waals surface area (Å²) < 4.78 is 0. The fraction of sp³-hybridized carbons (Fsp3) is 0.440. The van der Waals surface area contributed by atoms with Gasteiger partial charge in [-0.2, -0.15) is 0 Å². The van der Waals surface area contributed by atoms with Crippen LogP contribution in [0.4, 0.5) is 0 Å². The van der Waals surface area contributed by atoms with E-state index in [1.807, 2.05) is 24.4 Å². The van der Waals surface area contributed by atoms with Gasteiger partial charge in [0, 0.05) is 25.0 Å². The molecule has 1 aliphatic heterocycles. The molecule has 2 nitrogen and oxygen atoms in total. The van der Waals surface area contributed by atoms with Crippen molar-refractivity contribution in [2.45, 2.75) is 57.8 Å². The molecule has 1 fully saturated rings. The number of aryl methyl sites for hydroxylation is 1. The third kappa shape index (κ3) is 4.55. The minimum Gasteiger partial charge on any atom is -0.300 e. The highest BCUT2D eigenvalue weighted by Gasteiger charge is 2.31. The van der Waals surface area contributed by atoms with Gasteiger partial charge in [0.25, 0.3) is 0 Å². The number of allylic oxidation sites excluding steroid dienone is 5. The van der Waals surface area contributed by atoms with Gasteiger partial charge in [-0.25, -0.2) is 0 Å². The Morgan fingerprint density at radius 1 is 1.11 bits per heavy atom. The summed E-state index contributed by atoms with van der Waals surface area (Å²) >= 11 is 0. The van der Waals surface area contributed by atoms with Crippen LogP contribution in [0.3, 0.4) is 0 Å². The molecule has 2 atom stereocenters. The molecule has 1 unspecified atom stereocenters. The average molecular weight is 360 g/mol. The van der Waals surface area contributed by atoms with Gasteiger partial charge in [0.2, 0.25) is 0 Å². The minimum atomic E-state index is 0.421. The van der Waals surface area contributed by atoms with Gasteiger partial charge in [0.15, 0.2) is 0 Å². The molecule has 1 aromatic carbocycles. The Morgan fingerprint density at radius 2 is 2.00 bits per heavy atom. The molecule has 0 bridgehead atoms. The fourth-order valence-corrected chi connectivity index (χ4v) is 4.77. The normalized spacial score (nSPS) is 24.5. The molecular formula is C25H29NO. The SMILES string of the molecule is O=C(CCc1ccccc1)C[C@H]1CCC(C2=NC=CCC3=C2C=CCC3)C1. The van der Waals surface area contributed by atoms with Gasteiger partial charge in [0.1, 0.15) is 5.78 Å². The second-order valence-corrected chi connectivity index (χ2v) is 8.17. The summed E-state index contributed by atoms with van der Waals surface area (Å²) in [4.78, 5) is 17.3. The molecule has 27 heavy (non-hydrogen) atoms. The van der Waals surface area contributed by atoms with Crippen molar-refractivity contribution in [1.82, 2.24) is 0 Å². The minimum absolute atomic E-state index is 0.421. The molecule has 4 rings (SSSR count). The summed E-state index contributed by atoms with van der Waals surface area (Å²) in [7, 11) is 0. The Hall–Kier alpha value is -2.22. The predicted molar refractivity (Wildman–Crippen MR) is 112 cm³/mol. The predicted octanol–water partition coefficient (Wildman–Crippen LogP) is 6.00. The molecule has 140 valence electrons. The standard InChI is InChI=1S/C25H29NO/c27-23(15-13-19-7-2-1-3-8-19)18-20-12-14-22(17-20)25-24-11-5-4-9-21(24)10-6-16-26-25/h1-3,5-8,11,16,20,22H,4,9-10,12-15,17-18H2/t20-,22?/m0/s1. The molecule has 1 aromatic rings. The summed E-state index contributed by atoms with van der Waals surface area (Å²) in [6.07, 6.45) is 17.9. The first kappa shape index (κ1) is 18.2.